The maximum Gasteiger partial charge on any atom is 0.283 e. The number of nitrogens with zero attached hydrogens (tertiary/aromatic N) is 3. The zero-order valence-electron chi connectivity index (χ0n) is 8.46. The van der Waals surface area contributed by atoms with E-state index < -0.39 is 12.1 Å². The van der Waals surface area contributed by atoms with Crippen molar-refractivity contribution in [1.82, 2.24) is 9.78 Å². The molecule has 0 amide bonds. The van der Waals surface area contributed by atoms with Crippen molar-refractivity contribution >= 4 is 11.6 Å². The second kappa shape index (κ2) is 4.38. The Morgan fingerprint density at radius 1 is 1.44 bits per heavy atom. The molecule has 0 radical (unpaired) electrons. The van der Waals surface area contributed by atoms with Crippen LogP contribution < -0.4 is 0 Å². The molecular weight excluding hydrogens is 236 g/mol. The summed E-state index contributed by atoms with van der Waals surface area (Å²) in [4.78, 5) is 0. The molecule has 0 saturated heterocycles. The second-order valence-electron chi connectivity index (χ2n) is 3.85. The van der Waals surface area contributed by atoms with E-state index in [1.807, 2.05) is 0 Å². The Hall–Kier alpha value is -1.15. The molecule has 0 aromatic carbocycles. The van der Waals surface area contributed by atoms with E-state index in [1.54, 1.807) is 6.07 Å². The Kier molecular flexibility index (Phi) is 3.10. The van der Waals surface area contributed by atoms with Gasteiger partial charge in [0.2, 0.25) is 0 Å². The van der Waals surface area contributed by atoms with E-state index in [0.29, 0.717) is 0 Å². The predicted molar refractivity (Wildman–Crippen MR) is 54.4 cm³/mol. The van der Waals surface area contributed by atoms with Crippen LogP contribution in [0.25, 0.3) is 0 Å². The van der Waals surface area contributed by atoms with Gasteiger partial charge < -0.3 is 0 Å². The lowest BCUT2D eigenvalue weighted by atomic mass is 10.2. The molecule has 0 N–H and O–H groups in total. The standard InChI is InChI=1S/C10H10ClF2N3/c11-9-7(5-14)8(10(12)13)15-16(9)6-3-1-2-4-6/h6,10H,1-4H2. The lowest BCUT2D eigenvalue weighted by Crippen LogP contribution is -2.07. The van der Waals surface area contributed by atoms with Crippen LogP contribution in [0, 0.1) is 11.3 Å². The second-order valence-corrected chi connectivity index (χ2v) is 4.20. The minimum atomic E-state index is -2.75. The first-order chi connectivity index (χ1) is 7.65. The van der Waals surface area contributed by atoms with E-state index in [2.05, 4.69) is 5.10 Å². The first-order valence-corrected chi connectivity index (χ1v) is 5.49. The van der Waals surface area contributed by atoms with Crippen LogP contribution in [0.15, 0.2) is 0 Å². The molecule has 1 aliphatic carbocycles. The predicted octanol–water partition coefficient (Wildman–Crippen LogP) is 3.46. The highest BCUT2D eigenvalue weighted by Crippen LogP contribution is 2.35. The Labute approximate surface area is 96.6 Å². The Morgan fingerprint density at radius 2 is 2.06 bits per heavy atom. The topological polar surface area (TPSA) is 41.6 Å². The summed E-state index contributed by atoms with van der Waals surface area (Å²) in [5, 5.41) is 12.6. The molecule has 3 nitrogen and oxygen atoms in total. The lowest BCUT2D eigenvalue weighted by Gasteiger charge is -2.10. The number of alkyl halides is 2. The smallest absolute Gasteiger partial charge is 0.249 e. The first-order valence-electron chi connectivity index (χ1n) is 5.11. The van der Waals surface area contributed by atoms with Crippen molar-refractivity contribution in [1.29, 1.82) is 5.26 Å². The van der Waals surface area contributed by atoms with Gasteiger partial charge in [0.1, 0.15) is 22.5 Å². The molecule has 2 rings (SSSR count). The van der Waals surface area contributed by atoms with Crippen LogP contribution in [-0.4, -0.2) is 9.78 Å². The fourth-order valence-corrected chi connectivity index (χ4v) is 2.39. The number of rotatable bonds is 2. The lowest BCUT2D eigenvalue weighted by molar-refractivity contribution is 0.144. The molecule has 0 aliphatic heterocycles. The average molecular weight is 246 g/mol. The van der Waals surface area contributed by atoms with Crippen molar-refractivity contribution in [2.75, 3.05) is 0 Å². The molecule has 1 fully saturated rings. The Balaban J connectivity index is 2.43. The molecule has 1 heterocycles. The van der Waals surface area contributed by atoms with Gasteiger partial charge in [0, 0.05) is 0 Å². The maximum atomic E-state index is 12.6. The summed E-state index contributed by atoms with van der Waals surface area (Å²) in [6.07, 6.45) is 1.11. The van der Waals surface area contributed by atoms with Gasteiger partial charge >= 0.3 is 0 Å². The van der Waals surface area contributed by atoms with Gasteiger partial charge in [0.05, 0.1) is 6.04 Å². The van der Waals surface area contributed by atoms with Crippen LogP contribution in [0.2, 0.25) is 5.15 Å². The third kappa shape index (κ3) is 1.78. The molecule has 0 atom stereocenters. The number of hydrogen-bond donors (Lipinski definition) is 0. The van der Waals surface area contributed by atoms with E-state index in [4.69, 9.17) is 16.9 Å². The summed E-state index contributed by atoms with van der Waals surface area (Å²) < 4.78 is 26.6. The van der Waals surface area contributed by atoms with E-state index >= 15 is 0 Å². The number of nitriles is 1. The summed E-state index contributed by atoms with van der Waals surface area (Å²) >= 11 is 5.90. The van der Waals surface area contributed by atoms with Crippen molar-refractivity contribution in [3.8, 4) is 6.07 Å². The SMILES string of the molecule is N#Cc1c(C(F)F)nn(C2CCCC2)c1Cl. The van der Waals surface area contributed by atoms with Gasteiger partial charge in [0.15, 0.2) is 0 Å². The van der Waals surface area contributed by atoms with Crippen molar-refractivity contribution in [2.24, 2.45) is 0 Å². The molecule has 86 valence electrons. The third-order valence-electron chi connectivity index (χ3n) is 2.87. The molecule has 1 aromatic rings. The van der Waals surface area contributed by atoms with Crippen molar-refractivity contribution in [3.63, 3.8) is 0 Å². The van der Waals surface area contributed by atoms with Crippen molar-refractivity contribution < 1.29 is 8.78 Å². The normalized spacial score (nSPS) is 16.9. The van der Waals surface area contributed by atoms with E-state index in [1.165, 1.54) is 4.68 Å². The van der Waals surface area contributed by atoms with Crippen LogP contribution in [-0.2, 0) is 0 Å². The van der Waals surface area contributed by atoms with E-state index in [0.717, 1.165) is 25.7 Å². The van der Waals surface area contributed by atoms with Crippen molar-refractivity contribution in [2.45, 2.75) is 38.2 Å². The van der Waals surface area contributed by atoms with Gasteiger partial charge in [-0.2, -0.15) is 10.4 Å². The molecule has 1 saturated carbocycles. The van der Waals surface area contributed by atoms with Gasteiger partial charge in [-0.3, -0.25) is 0 Å². The van der Waals surface area contributed by atoms with Crippen LogP contribution in [0.5, 0.6) is 0 Å². The highest BCUT2D eigenvalue weighted by molar-refractivity contribution is 6.30. The van der Waals surface area contributed by atoms with Crippen LogP contribution in [0.1, 0.15) is 49.4 Å². The molecule has 1 aromatic heterocycles. The third-order valence-corrected chi connectivity index (χ3v) is 3.23. The Bertz CT molecular complexity index is 430. The summed E-state index contributed by atoms with van der Waals surface area (Å²) in [6.45, 7) is 0. The largest absolute Gasteiger partial charge is 0.283 e. The zero-order valence-corrected chi connectivity index (χ0v) is 9.21. The minimum Gasteiger partial charge on any atom is -0.249 e. The molecular formula is C10H10ClF2N3. The molecule has 16 heavy (non-hydrogen) atoms. The summed E-state index contributed by atoms with van der Waals surface area (Å²) in [7, 11) is 0. The maximum absolute atomic E-state index is 12.6. The fourth-order valence-electron chi connectivity index (χ4n) is 2.08. The minimum absolute atomic E-state index is 0.0460. The highest BCUT2D eigenvalue weighted by Gasteiger charge is 2.27. The van der Waals surface area contributed by atoms with Gasteiger partial charge in [-0.05, 0) is 12.8 Å². The van der Waals surface area contributed by atoms with Crippen LogP contribution >= 0.6 is 11.6 Å². The molecule has 1 aliphatic rings. The van der Waals surface area contributed by atoms with Crippen molar-refractivity contribution in [3.05, 3.63) is 16.4 Å². The number of halogens is 3. The van der Waals surface area contributed by atoms with E-state index in [-0.39, 0.29) is 16.8 Å². The molecule has 0 spiro atoms. The van der Waals surface area contributed by atoms with Gasteiger partial charge in [0.25, 0.3) is 6.43 Å². The van der Waals surface area contributed by atoms with Gasteiger partial charge in [-0.1, -0.05) is 24.4 Å². The zero-order chi connectivity index (χ0) is 11.7. The fraction of sp³-hybridized carbons (Fsp3) is 0.600. The average Bonchev–Trinajstić information content (AvgIpc) is 2.84. The number of hydrogen-bond acceptors (Lipinski definition) is 2. The quantitative estimate of drug-likeness (QED) is 0.801. The van der Waals surface area contributed by atoms with Gasteiger partial charge in [-0.15, -0.1) is 0 Å². The highest BCUT2D eigenvalue weighted by atomic mass is 35.5. The number of aromatic nitrogens is 2. The molecule has 0 unspecified atom stereocenters. The summed E-state index contributed by atoms with van der Waals surface area (Å²) in [6, 6.07) is 1.76. The van der Waals surface area contributed by atoms with Crippen LogP contribution in [0.3, 0.4) is 0 Å². The first kappa shape index (κ1) is 11.3. The van der Waals surface area contributed by atoms with E-state index in [9.17, 15) is 8.78 Å². The summed E-state index contributed by atoms with van der Waals surface area (Å²) in [5.74, 6) is 0. The monoisotopic (exact) mass is 245 g/mol. The van der Waals surface area contributed by atoms with Gasteiger partial charge in [-0.25, -0.2) is 13.5 Å². The Morgan fingerprint density at radius 3 is 2.50 bits per heavy atom. The molecule has 6 heteroatoms. The molecule has 0 bridgehead atoms. The van der Waals surface area contributed by atoms with Crippen LogP contribution in [0.4, 0.5) is 8.78 Å². The summed E-state index contributed by atoms with van der Waals surface area (Å²) in [5.41, 5.74) is -0.692.